The summed E-state index contributed by atoms with van der Waals surface area (Å²) in [6, 6.07) is -1.49. The van der Waals surface area contributed by atoms with Crippen molar-refractivity contribution in [3.8, 4) is 0 Å². The van der Waals surface area contributed by atoms with E-state index in [4.69, 9.17) is 5.73 Å². The minimum atomic E-state index is -0.793. The number of hydrogen-bond acceptors (Lipinski definition) is 7. The molecule has 3 amide bonds. The Bertz CT molecular complexity index is 367. The van der Waals surface area contributed by atoms with E-state index >= 15 is 0 Å². The lowest BCUT2D eigenvalue weighted by Gasteiger charge is -2.11. The number of aldehydes is 1. The predicted molar refractivity (Wildman–Crippen MR) is 79.7 cm³/mol. The number of nitrogens with one attached hydrogen (secondary N) is 3. The van der Waals surface area contributed by atoms with Gasteiger partial charge in [0.05, 0.1) is 25.2 Å². The zero-order valence-electron chi connectivity index (χ0n) is 10.7. The molecular weight excluding hydrogens is 304 g/mol. The van der Waals surface area contributed by atoms with Gasteiger partial charge in [-0.05, 0) is 0 Å². The Balaban J connectivity index is 3.91. The Kier molecular flexibility index (Phi) is 9.86. The highest BCUT2D eigenvalue weighted by Crippen LogP contribution is 1.84. The van der Waals surface area contributed by atoms with E-state index < -0.39 is 29.8 Å². The third-order valence-electron chi connectivity index (χ3n) is 2.11. The van der Waals surface area contributed by atoms with Crippen molar-refractivity contribution in [2.24, 2.45) is 5.73 Å². The van der Waals surface area contributed by atoms with Gasteiger partial charge in [-0.1, -0.05) is 0 Å². The Morgan fingerprint density at radius 2 is 1.65 bits per heavy atom. The van der Waals surface area contributed by atoms with E-state index in [1.165, 1.54) is 0 Å². The van der Waals surface area contributed by atoms with Crippen LogP contribution in [-0.2, 0) is 19.2 Å². The minimum Gasteiger partial charge on any atom is -0.346 e. The summed E-state index contributed by atoms with van der Waals surface area (Å²) in [5, 5.41) is 6.93. The molecule has 0 spiro atoms. The number of nitrogens with two attached hydrogens (primary N) is 1. The molecule has 114 valence electrons. The van der Waals surface area contributed by atoms with E-state index in [1.807, 2.05) is 0 Å². The zero-order chi connectivity index (χ0) is 15.5. The third-order valence-corrected chi connectivity index (χ3v) is 2.90. The van der Waals surface area contributed by atoms with Crippen LogP contribution in [0.3, 0.4) is 0 Å². The average Bonchev–Trinajstić information content (AvgIpc) is 2.46. The van der Waals surface area contributed by atoms with E-state index in [0.29, 0.717) is 6.29 Å². The van der Waals surface area contributed by atoms with Crippen LogP contribution < -0.4 is 21.7 Å². The van der Waals surface area contributed by atoms with Gasteiger partial charge in [0, 0.05) is 11.5 Å². The van der Waals surface area contributed by atoms with Gasteiger partial charge in [0.15, 0.2) is 0 Å². The van der Waals surface area contributed by atoms with Crippen LogP contribution in [0.2, 0.25) is 0 Å². The second-order valence-corrected chi connectivity index (χ2v) is 4.51. The van der Waals surface area contributed by atoms with Crippen molar-refractivity contribution in [2.75, 3.05) is 24.6 Å². The Labute approximate surface area is 127 Å². The number of thiol groups is 2. The van der Waals surface area contributed by atoms with Gasteiger partial charge in [-0.2, -0.15) is 25.3 Å². The first-order valence-electron chi connectivity index (χ1n) is 5.71. The zero-order valence-corrected chi connectivity index (χ0v) is 12.5. The number of rotatable bonds is 9. The standard InChI is InChI=1S/C10H18N4O4S2/c11-7(5-20)10(18)13-1-8(16)12-2-9(17)14-6(3-15)4-19/h3,6-7,19-20H,1-2,4-5,11H2,(H,12,16)(H,13,18)(H,14,17)/t6-,7+/m0/s1. The molecule has 0 unspecified atom stereocenters. The monoisotopic (exact) mass is 322 g/mol. The number of carbonyl (C=O) groups excluding carboxylic acids is 4. The summed E-state index contributed by atoms with van der Waals surface area (Å²) in [5.74, 6) is -1.25. The second-order valence-electron chi connectivity index (χ2n) is 3.78. The van der Waals surface area contributed by atoms with Gasteiger partial charge in [0.1, 0.15) is 6.29 Å². The molecule has 5 N–H and O–H groups in total. The summed E-state index contributed by atoms with van der Waals surface area (Å²) in [6.07, 6.45) is 0.547. The Morgan fingerprint density at radius 3 is 2.15 bits per heavy atom. The highest BCUT2D eigenvalue weighted by atomic mass is 32.1. The van der Waals surface area contributed by atoms with Crippen LogP contribution in [0.15, 0.2) is 0 Å². The first-order valence-corrected chi connectivity index (χ1v) is 6.97. The quantitative estimate of drug-likeness (QED) is 0.200. The van der Waals surface area contributed by atoms with Crippen LogP contribution >= 0.6 is 25.3 Å². The number of carbonyl (C=O) groups is 4. The SMILES string of the molecule is N[C@H](CS)C(=O)NCC(=O)NCC(=O)N[C@@H](C=O)CS. The maximum absolute atomic E-state index is 11.3. The normalized spacial score (nSPS) is 12.9. The van der Waals surface area contributed by atoms with Crippen molar-refractivity contribution in [1.29, 1.82) is 0 Å². The van der Waals surface area contributed by atoms with Gasteiger partial charge in [-0.25, -0.2) is 0 Å². The fraction of sp³-hybridized carbons (Fsp3) is 0.600. The molecule has 0 aromatic rings. The first kappa shape index (κ1) is 18.7. The van der Waals surface area contributed by atoms with Crippen LogP contribution in [0.25, 0.3) is 0 Å². The topological polar surface area (TPSA) is 130 Å². The summed E-state index contributed by atoms with van der Waals surface area (Å²) in [6.45, 7) is -0.595. The van der Waals surface area contributed by atoms with Crippen molar-refractivity contribution in [2.45, 2.75) is 12.1 Å². The molecule has 10 heteroatoms. The maximum atomic E-state index is 11.3. The molecule has 0 rings (SSSR count). The summed E-state index contributed by atoms with van der Waals surface area (Å²) in [5.41, 5.74) is 5.39. The lowest BCUT2D eigenvalue weighted by molar-refractivity contribution is -0.128. The lowest BCUT2D eigenvalue weighted by atomic mass is 10.3. The highest BCUT2D eigenvalue weighted by molar-refractivity contribution is 7.80. The van der Waals surface area contributed by atoms with Gasteiger partial charge < -0.3 is 26.5 Å². The minimum absolute atomic E-state index is 0.159. The summed E-state index contributed by atoms with van der Waals surface area (Å²) < 4.78 is 0. The van der Waals surface area contributed by atoms with Crippen molar-refractivity contribution in [1.82, 2.24) is 16.0 Å². The molecule has 0 saturated heterocycles. The van der Waals surface area contributed by atoms with E-state index in [1.54, 1.807) is 0 Å². The Hall–Kier alpha value is -1.26. The largest absolute Gasteiger partial charge is 0.346 e. The first-order chi connectivity index (χ1) is 9.44. The Morgan fingerprint density at radius 1 is 1.05 bits per heavy atom. The van der Waals surface area contributed by atoms with Crippen LogP contribution in [0.4, 0.5) is 0 Å². The fourth-order valence-electron chi connectivity index (χ4n) is 1.00. The van der Waals surface area contributed by atoms with Crippen LogP contribution in [0.5, 0.6) is 0 Å². The van der Waals surface area contributed by atoms with Crippen molar-refractivity contribution >= 4 is 49.3 Å². The maximum Gasteiger partial charge on any atom is 0.239 e. The molecule has 20 heavy (non-hydrogen) atoms. The second kappa shape index (κ2) is 10.5. The summed E-state index contributed by atoms with van der Waals surface area (Å²) in [4.78, 5) is 44.4. The molecule has 0 aliphatic rings. The highest BCUT2D eigenvalue weighted by Gasteiger charge is 2.13. The van der Waals surface area contributed by atoms with Crippen LogP contribution in [0, 0.1) is 0 Å². The molecule has 0 radical (unpaired) electrons. The van der Waals surface area contributed by atoms with Gasteiger partial charge in [0.25, 0.3) is 0 Å². The molecule has 0 fully saturated rings. The number of amides is 3. The van der Waals surface area contributed by atoms with Crippen molar-refractivity contribution in [3.05, 3.63) is 0 Å². The van der Waals surface area contributed by atoms with Crippen molar-refractivity contribution < 1.29 is 19.2 Å². The smallest absolute Gasteiger partial charge is 0.239 e. The molecule has 2 atom stereocenters. The third kappa shape index (κ3) is 8.02. The summed E-state index contributed by atoms with van der Waals surface area (Å²) >= 11 is 7.71. The molecule has 0 bridgehead atoms. The fourth-order valence-corrected chi connectivity index (χ4v) is 1.35. The lowest BCUT2D eigenvalue weighted by Crippen LogP contribution is -2.48. The van der Waals surface area contributed by atoms with Gasteiger partial charge >= 0.3 is 0 Å². The predicted octanol–water partition coefficient (Wildman–Crippen LogP) is -2.91. The van der Waals surface area contributed by atoms with Crippen LogP contribution in [-0.4, -0.2) is 60.7 Å². The molecule has 8 nitrogen and oxygen atoms in total. The molecule has 0 aliphatic carbocycles. The summed E-state index contributed by atoms with van der Waals surface area (Å²) in [7, 11) is 0. The molecule has 0 aromatic carbocycles. The molecule has 0 heterocycles. The average molecular weight is 322 g/mol. The van der Waals surface area contributed by atoms with E-state index in [-0.39, 0.29) is 24.6 Å². The van der Waals surface area contributed by atoms with Gasteiger partial charge in [-0.15, -0.1) is 0 Å². The van der Waals surface area contributed by atoms with E-state index in [2.05, 4.69) is 41.2 Å². The van der Waals surface area contributed by atoms with Gasteiger partial charge in [0.2, 0.25) is 17.7 Å². The van der Waals surface area contributed by atoms with Crippen LogP contribution in [0.1, 0.15) is 0 Å². The molecule has 0 aromatic heterocycles. The molecule has 0 saturated carbocycles. The van der Waals surface area contributed by atoms with E-state index in [9.17, 15) is 19.2 Å². The van der Waals surface area contributed by atoms with Crippen molar-refractivity contribution in [3.63, 3.8) is 0 Å². The molecule has 0 aliphatic heterocycles. The van der Waals surface area contributed by atoms with E-state index in [0.717, 1.165) is 0 Å². The molecular formula is C10H18N4O4S2. The van der Waals surface area contributed by atoms with Gasteiger partial charge in [-0.3, -0.25) is 14.4 Å². The number of hydrogen-bond donors (Lipinski definition) is 6.